The van der Waals surface area contributed by atoms with Crippen molar-refractivity contribution in [3.63, 3.8) is 0 Å². The molecule has 0 radical (unpaired) electrons. The number of rotatable bonds is 4. The number of nitrogens with two attached hydrogens (primary N) is 1. The van der Waals surface area contributed by atoms with Crippen LogP contribution in [0.15, 0.2) is 24.3 Å². The first-order valence-electron chi connectivity index (χ1n) is 7.51. The van der Waals surface area contributed by atoms with Gasteiger partial charge in [-0.1, -0.05) is 12.1 Å². The van der Waals surface area contributed by atoms with E-state index in [1.807, 2.05) is 24.3 Å². The molecular formula is C16H23N3O. The molecule has 2 unspecified atom stereocenters. The Kier molecular flexibility index (Phi) is 3.66. The molecule has 1 aromatic carbocycles. The van der Waals surface area contributed by atoms with Crippen LogP contribution in [0.5, 0.6) is 0 Å². The molecule has 2 atom stereocenters. The smallest absolute Gasteiger partial charge is 0.224 e. The maximum atomic E-state index is 12.1. The molecule has 0 spiro atoms. The summed E-state index contributed by atoms with van der Waals surface area (Å²) < 4.78 is 0. The minimum absolute atomic E-state index is 0.115. The molecular weight excluding hydrogens is 250 g/mol. The first-order chi connectivity index (χ1) is 9.61. The molecule has 1 heterocycles. The molecule has 1 aromatic rings. The van der Waals surface area contributed by atoms with Gasteiger partial charge < -0.3 is 11.1 Å². The van der Waals surface area contributed by atoms with Crippen LogP contribution >= 0.6 is 0 Å². The molecule has 1 saturated heterocycles. The number of hydrogen-bond donors (Lipinski definition) is 2. The molecule has 20 heavy (non-hydrogen) atoms. The van der Waals surface area contributed by atoms with E-state index < -0.39 is 0 Å². The normalized spacial score (nSPS) is 26.6. The predicted molar refractivity (Wildman–Crippen MR) is 80.3 cm³/mol. The number of benzene rings is 1. The van der Waals surface area contributed by atoms with Crippen LogP contribution in [0.4, 0.5) is 5.69 Å². The lowest BCUT2D eigenvalue weighted by atomic mass is 10.1. The molecule has 2 aliphatic rings. The number of carbonyl (C=O) groups excluding carboxylic acids is 1. The van der Waals surface area contributed by atoms with Gasteiger partial charge in [-0.25, -0.2) is 0 Å². The highest BCUT2D eigenvalue weighted by atomic mass is 16.1. The van der Waals surface area contributed by atoms with Crippen molar-refractivity contribution in [2.24, 2.45) is 0 Å². The van der Waals surface area contributed by atoms with Gasteiger partial charge in [-0.15, -0.1) is 0 Å². The van der Waals surface area contributed by atoms with Crippen molar-refractivity contribution in [1.82, 2.24) is 10.2 Å². The van der Waals surface area contributed by atoms with E-state index in [0.717, 1.165) is 30.3 Å². The Bertz CT molecular complexity index is 481. The van der Waals surface area contributed by atoms with E-state index >= 15 is 0 Å². The van der Waals surface area contributed by atoms with Crippen LogP contribution in [-0.2, 0) is 11.2 Å². The van der Waals surface area contributed by atoms with Gasteiger partial charge in [-0.2, -0.15) is 0 Å². The maximum absolute atomic E-state index is 12.1. The Labute approximate surface area is 120 Å². The second kappa shape index (κ2) is 5.44. The van der Waals surface area contributed by atoms with E-state index in [1.54, 1.807) is 0 Å². The zero-order valence-electron chi connectivity index (χ0n) is 12.0. The number of nitrogens with zero attached hydrogens (tertiary/aromatic N) is 1. The highest BCUT2D eigenvalue weighted by Crippen LogP contribution is 2.33. The molecule has 4 nitrogen and oxygen atoms in total. The molecule has 0 bridgehead atoms. The fourth-order valence-corrected chi connectivity index (χ4v) is 3.18. The second-order valence-corrected chi connectivity index (χ2v) is 6.20. The third-order valence-electron chi connectivity index (χ3n) is 4.35. The summed E-state index contributed by atoms with van der Waals surface area (Å²) in [5, 5.41) is 3.17. The first-order valence-corrected chi connectivity index (χ1v) is 7.51. The number of anilines is 1. The van der Waals surface area contributed by atoms with Crippen LogP contribution < -0.4 is 11.1 Å². The lowest BCUT2D eigenvalue weighted by Gasteiger charge is -2.19. The van der Waals surface area contributed by atoms with Crippen molar-refractivity contribution < 1.29 is 4.79 Å². The van der Waals surface area contributed by atoms with E-state index in [1.165, 1.54) is 12.8 Å². The highest BCUT2D eigenvalue weighted by molar-refractivity contribution is 5.79. The molecule has 4 heteroatoms. The largest absolute Gasteiger partial charge is 0.399 e. The Morgan fingerprint density at radius 1 is 1.35 bits per heavy atom. The SMILES string of the molecule is CC1CC(NC(=O)Cc2ccc(N)cc2)CN1C1CC1. The molecule has 3 N–H and O–H groups in total. The van der Waals surface area contributed by atoms with Gasteiger partial charge in [0.25, 0.3) is 0 Å². The molecule has 3 rings (SSSR count). The quantitative estimate of drug-likeness (QED) is 0.818. The van der Waals surface area contributed by atoms with E-state index in [9.17, 15) is 4.79 Å². The lowest BCUT2D eigenvalue weighted by molar-refractivity contribution is -0.121. The topological polar surface area (TPSA) is 58.4 Å². The average Bonchev–Trinajstić information content (AvgIpc) is 3.17. The summed E-state index contributed by atoms with van der Waals surface area (Å²) in [6, 6.07) is 9.22. The van der Waals surface area contributed by atoms with Crippen molar-refractivity contribution in [2.45, 2.75) is 50.7 Å². The number of carbonyl (C=O) groups is 1. The van der Waals surface area contributed by atoms with Crippen molar-refractivity contribution in [2.75, 3.05) is 12.3 Å². The molecule has 0 aromatic heterocycles. The number of hydrogen-bond acceptors (Lipinski definition) is 3. The number of nitrogens with one attached hydrogen (secondary N) is 1. The van der Waals surface area contributed by atoms with Crippen molar-refractivity contribution >= 4 is 11.6 Å². The summed E-state index contributed by atoms with van der Waals surface area (Å²) in [6.07, 6.45) is 4.17. The van der Waals surface area contributed by atoms with Gasteiger partial charge in [0.1, 0.15) is 0 Å². The molecule has 1 aliphatic heterocycles. The zero-order chi connectivity index (χ0) is 14.1. The summed E-state index contributed by atoms with van der Waals surface area (Å²) in [5.41, 5.74) is 7.40. The summed E-state index contributed by atoms with van der Waals surface area (Å²) in [6.45, 7) is 3.28. The molecule has 1 aliphatic carbocycles. The van der Waals surface area contributed by atoms with E-state index in [0.29, 0.717) is 18.5 Å². The highest BCUT2D eigenvalue weighted by Gasteiger charge is 2.38. The van der Waals surface area contributed by atoms with E-state index in [4.69, 9.17) is 5.73 Å². The number of amides is 1. The molecule has 108 valence electrons. The minimum atomic E-state index is 0.115. The molecule has 1 saturated carbocycles. The van der Waals surface area contributed by atoms with Gasteiger partial charge in [-0.05, 0) is 43.9 Å². The van der Waals surface area contributed by atoms with Crippen LogP contribution in [0, 0.1) is 0 Å². The van der Waals surface area contributed by atoms with Crippen molar-refractivity contribution in [3.8, 4) is 0 Å². The Morgan fingerprint density at radius 2 is 2.05 bits per heavy atom. The zero-order valence-corrected chi connectivity index (χ0v) is 12.0. The average molecular weight is 273 g/mol. The number of nitrogen functional groups attached to an aromatic ring is 1. The summed E-state index contributed by atoms with van der Waals surface area (Å²) in [4.78, 5) is 14.6. The molecule has 2 fully saturated rings. The fourth-order valence-electron chi connectivity index (χ4n) is 3.18. The Hall–Kier alpha value is -1.55. The van der Waals surface area contributed by atoms with Gasteiger partial charge in [0.05, 0.1) is 6.42 Å². The third-order valence-corrected chi connectivity index (χ3v) is 4.35. The minimum Gasteiger partial charge on any atom is -0.399 e. The molecule has 1 amide bonds. The Balaban J connectivity index is 1.50. The Morgan fingerprint density at radius 3 is 2.70 bits per heavy atom. The van der Waals surface area contributed by atoms with Crippen molar-refractivity contribution in [1.29, 1.82) is 0 Å². The number of likely N-dealkylation sites (tertiary alicyclic amines) is 1. The fraction of sp³-hybridized carbons (Fsp3) is 0.562. The summed E-state index contributed by atoms with van der Waals surface area (Å²) >= 11 is 0. The van der Waals surface area contributed by atoms with Gasteiger partial charge in [0.15, 0.2) is 0 Å². The van der Waals surface area contributed by atoms with Gasteiger partial charge >= 0.3 is 0 Å². The summed E-state index contributed by atoms with van der Waals surface area (Å²) in [5.74, 6) is 0.115. The monoisotopic (exact) mass is 273 g/mol. The maximum Gasteiger partial charge on any atom is 0.224 e. The lowest BCUT2D eigenvalue weighted by Crippen LogP contribution is -2.38. The second-order valence-electron chi connectivity index (χ2n) is 6.20. The van der Waals surface area contributed by atoms with Gasteiger partial charge in [-0.3, -0.25) is 9.69 Å². The predicted octanol–water partition coefficient (Wildman–Crippen LogP) is 1.55. The van der Waals surface area contributed by atoms with E-state index in [-0.39, 0.29) is 5.91 Å². The summed E-state index contributed by atoms with van der Waals surface area (Å²) in [7, 11) is 0. The van der Waals surface area contributed by atoms with Crippen LogP contribution in [0.2, 0.25) is 0 Å². The van der Waals surface area contributed by atoms with Crippen LogP contribution in [0.1, 0.15) is 31.7 Å². The third kappa shape index (κ3) is 3.12. The van der Waals surface area contributed by atoms with Gasteiger partial charge in [0, 0.05) is 30.4 Å². The van der Waals surface area contributed by atoms with Crippen LogP contribution in [0.3, 0.4) is 0 Å². The first kappa shape index (κ1) is 13.4. The standard InChI is InChI=1S/C16H23N3O/c1-11-8-14(10-19(11)15-6-7-15)18-16(20)9-12-2-4-13(17)5-3-12/h2-5,11,14-15H,6-10,17H2,1H3,(H,18,20). The van der Waals surface area contributed by atoms with Crippen molar-refractivity contribution in [3.05, 3.63) is 29.8 Å². The van der Waals surface area contributed by atoms with Gasteiger partial charge in [0.2, 0.25) is 5.91 Å². The van der Waals surface area contributed by atoms with E-state index in [2.05, 4.69) is 17.1 Å². The van der Waals surface area contributed by atoms with Crippen LogP contribution in [0.25, 0.3) is 0 Å². The van der Waals surface area contributed by atoms with Crippen LogP contribution in [-0.4, -0.2) is 35.5 Å².